The van der Waals surface area contributed by atoms with E-state index in [1.165, 1.54) is 34.6 Å². The highest BCUT2D eigenvalue weighted by atomic mass is 32.2. The lowest BCUT2D eigenvalue weighted by atomic mass is 10.1. The number of sulfonamides is 1. The summed E-state index contributed by atoms with van der Waals surface area (Å²) in [7, 11) is -3.94. The summed E-state index contributed by atoms with van der Waals surface area (Å²) in [5, 5.41) is 13.7. The molecular weight excluding hydrogens is 415 g/mol. The highest BCUT2D eigenvalue weighted by Crippen LogP contribution is 2.25. The molecule has 1 heterocycles. The Kier molecular flexibility index (Phi) is 6.44. The number of nitro groups is 1. The van der Waals surface area contributed by atoms with Crippen LogP contribution in [0.15, 0.2) is 47.4 Å². The highest BCUT2D eigenvalue weighted by Gasteiger charge is 2.31. The van der Waals surface area contributed by atoms with Gasteiger partial charge in [0.1, 0.15) is 10.7 Å². The second-order valence-electron chi connectivity index (χ2n) is 6.87. The number of hydrogen-bond acceptors (Lipinski definition) is 6. The van der Waals surface area contributed by atoms with Gasteiger partial charge in [-0.1, -0.05) is 18.2 Å². The van der Waals surface area contributed by atoms with Crippen molar-refractivity contribution in [3.05, 3.63) is 64.0 Å². The molecule has 0 aromatic heterocycles. The Morgan fingerprint density at radius 1 is 1.13 bits per heavy atom. The van der Waals surface area contributed by atoms with Crippen molar-refractivity contribution in [3.63, 3.8) is 0 Å². The quantitative estimate of drug-likeness (QED) is 0.547. The molecule has 2 aromatic carbocycles. The van der Waals surface area contributed by atoms with E-state index in [4.69, 9.17) is 0 Å². The van der Waals surface area contributed by atoms with Crippen molar-refractivity contribution in [2.75, 3.05) is 38.0 Å². The van der Waals surface area contributed by atoms with E-state index in [1.54, 1.807) is 17.9 Å². The van der Waals surface area contributed by atoms with E-state index < -0.39 is 20.8 Å². The zero-order chi connectivity index (χ0) is 21.9. The molecule has 1 N–H and O–H groups in total. The normalized spacial score (nSPS) is 15.7. The molecule has 1 aliphatic heterocycles. The summed E-state index contributed by atoms with van der Waals surface area (Å²) in [6.07, 6.45) is 0. The number of rotatable bonds is 6. The van der Waals surface area contributed by atoms with Crippen LogP contribution in [0.3, 0.4) is 0 Å². The Morgan fingerprint density at radius 3 is 2.43 bits per heavy atom. The molecule has 0 unspecified atom stereocenters. The maximum Gasteiger partial charge on any atom is 0.274 e. The summed E-state index contributed by atoms with van der Waals surface area (Å²) in [6, 6.07) is 9.65. The Labute approximate surface area is 173 Å². The van der Waals surface area contributed by atoms with Gasteiger partial charge >= 0.3 is 0 Å². The van der Waals surface area contributed by atoms with Gasteiger partial charge < -0.3 is 5.32 Å². The van der Waals surface area contributed by atoms with Crippen molar-refractivity contribution >= 4 is 27.3 Å². The van der Waals surface area contributed by atoms with Crippen LogP contribution in [0.2, 0.25) is 0 Å². The predicted octanol–water partition coefficient (Wildman–Crippen LogP) is 1.99. The second-order valence-corrected chi connectivity index (χ2v) is 8.77. The smallest absolute Gasteiger partial charge is 0.274 e. The minimum atomic E-state index is -3.94. The maximum atomic E-state index is 13.9. The minimum Gasteiger partial charge on any atom is -0.324 e. The van der Waals surface area contributed by atoms with Crippen LogP contribution in [0.4, 0.5) is 15.8 Å². The van der Waals surface area contributed by atoms with E-state index >= 15 is 0 Å². The number of piperazine rings is 1. The number of nitrogens with one attached hydrogen (secondary N) is 1. The standard InChI is InChI=1S/C19H21FN4O5S/c1-14-16(6-4-7-17(14)24(26)27)21-19(25)13-22-9-11-23(12-10-22)30(28,29)18-8-3-2-5-15(18)20/h2-8H,9-13H2,1H3,(H,21,25). The molecule has 160 valence electrons. The molecule has 0 radical (unpaired) electrons. The van der Waals surface area contributed by atoms with E-state index in [2.05, 4.69) is 5.32 Å². The van der Waals surface area contributed by atoms with E-state index in [-0.39, 0.29) is 36.1 Å². The van der Waals surface area contributed by atoms with E-state index in [0.717, 1.165) is 6.07 Å². The zero-order valence-corrected chi connectivity index (χ0v) is 17.1. The van der Waals surface area contributed by atoms with Gasteiger partial charge in [0.05, 0.1) is 22.7 Å². The fraction of sp³-hybridized carbons (Fsp3) is 0.316. The molecule has 3 rings (SSSR count). The first kappa shape index (κ1) is 21.8. The molecule has 0 aliphatic carbocycles. The molecule has 9 nitrogen and oxygen atoms in total. The highest BCUT2D eigenvalue weighted by molar-refractivity contribution is 7.89. The van der Waals surface area contributed by atoms with Gasteiger partial charge in [0, 0.05) is 32.2 Å². The molecule has 1 saturated heterocycles. The molecule has 1 amide bonds. The first-order valence-electron chi connectivity index (χ1n) is 9.21. The molecule has 2 aromatic rings. The van der Waals surface area contributed by atoms with Crippen molar-refractivity contribution in [1.82, 2.24) is 9.21 Å². The summed E-state index contributed by atoms with van der Waals surface area (Å²) in [6.45, 7) is 2.42. The molecule has 0 saturated carbocycles. The fourth-order valence-electron chi connectivity index (χ4n) is 3.27. The second kappa shape index (κ2) is 8.86. The zero-order valence-electron chi connectivity index (χ0n) is 16.2. The van der Waals surface area contributed by atoms with Crippen molar-refractivity contribution in [1.29, 1.82) is 0 Å². The molecule has 11 heteroatoms. The summed E-state index contributed by atoms with van der Waals surface area (Å²) >= 11 is 0. The lowest BCUT2D eigenvalue weighted by molar-refractivity contribution is -0.385. The van der Waals surface area contributed by atoms with Crippen LogP contribution in [-0.4, -0.2) is 61.2 Å². The number of halogens is 1. The number of carbonyl (C=O) groups excluding carboxylic acids is 1. The van der Waals surface area contributed by atoms with Crippen molar-refractivity contribution in [3.8, 4) is 0 Å². The van der Waals surface area contributed by atoms with Gasteiger partial charge in [-0.15, -0.1) is 0 Å². The van der Waals surface area contributed by atoms with Gasteiger partial charge in [0.2, 0.25) is 15.9 Å². The van der Waals surface area contributed by atoms with Crippen LogP contribution in [0.5, 0.6) is 0 Å². The summed E-state index contributed by atoms with van der Waals surface area (Å²) < 4.78 is 40.4. The molecule has 1 aliphatic rings. The molecule has 30 heavy (non-hydrogen) atoms. The average molecular weight is 436 g/mol. The number of nitro benzene ring substituents is 1. The number of anilines is 1. The molecule has 0 spiro atoms. The number of amides is 1. The minimum absolute atomic E-state index is 0.00964. The molecule has 0 atom stereocenters. The third-order valence-electron chi connectivity index (χ3n) is 4.93. The maximum absolute atomic E-state index is 13.9. The van der Waals surface area contributed by atoms with E-state index in [9.17, 15) is 27.7 Å². The third kappa shape index (κ3) is 4.64. The largest absolute Gasteiger partial charge is 0.324 e. The fourth-order valence-corrected chi connectivity index (χ4v) is 4.76. The average Bonchev–Trinajstić information content (AvgIpc) is 2.70. The topological polar surface area (TPSA) is 113 Å². The van der Waals surface area contributed by atoms with Gasteiger partial charge in [-0.3, -0.25) is 19.8 Å². The van der Waals surface area contributed by atoms with Gasteiger partial charge in [0.15, 0.2) is 0 Å². The Hall–Kier alpha value is -2.89. The monoisotopic (exact) mass is 436 g/mol. The summed E-state index contributed by atoms with van der Waals surface area (Å²) in [5.74, 6) is -1.16. The first-order chi connectivity index (χ1) is 14.2. The number of hydrogen-bond donors (Lipinski definition) is 1. The Bertz CT molecular complexity index is 1070. The van der Waals surface area contributed by atoms with Crippen molar-refractivity contribution < 1.29 is 22.5 Å². The van der Waals surface area contributed by atoms with Crippen LogP contribution in [0.1, 0.15) is 5.56 Å². The van der Waals surface area contributed by atoms with Crippen LogP contribution in [0.25, 0.3) is 0 Å². The number of nitrogens with zero attached hydrogens (tertiary/aromatic N) is 3. The Balaban J connectivity index is 1.59. The summed E-state index contributed by atoms with van der Waals surface area (Å²) in [5.41, 5.74) is 0.631. The van der Waals surface area contributed by atoms with Crippen LogP contribution in [-0.2, 0) is 14.8 Å². The van der Waals surface area contributed by atoms with Gasteiger partial charge in [-0.2, -0.15) is 4.31 Å². The van der Waals surface area contributed by atoms with Gasteiger partial charge in [-0.05, 0) is 25.1 Å². The Morgan fingerprint density at radius 2 is 1.80 bits per heavy atom. The van der Waals surface area contributed by atoms with E-state index in [1.807, 2.05) is 0 Å². The third-order valence-corrected chi connectivity index (χ3v) is 6.86. The van der Waals surface area contributed by atoms with Crippen LogP contribution >= 0.6 is 0 Å². The van der Waals surface area contributed by atoms with Gasteiger partial charge in [-0.25, -0.2) is 12.8 Å². The van der Waals surface area contributed by atoms with Crippen molar-refractivity contribution in [2.45, 2.75) is 11.8 Å². The predicted molar refractivity (Wildman–Crippen MR) is 108 cm³/mol. The first-order valence-corrected chi connectivity index (χ1v) is 10.6. The number of benzene rings is 2. The molecular formula is C19H21FN4O5S. The lowest BCUT2D eigenvalue weighted by Gasteiger charge is -2.33. The lowest BCUT2D eigenvalue weighted by Crippen LogP contribution is -2.50. The van der Waals surface area contributed by atoms with E-state index in [0.29, 0.717) is 24.3 Å². The SMILES string of the molecule is Cc1c(NC(=O)CN2CCN(S(=O)(=O)c3ccccc3F)CC2)cccc1[N+](=O)[O-]. The van der Waals surface area contributed by atoms with Crippen LogP contribution in [0, 0.1) is 22.9 Å². The number of carbonyl (C=O) groups is 1. The van der Waals surface area contributed by atoms with Crippen molar-refractivity contribution in [2.24, 2.45) is 0 Å². The molecule has 1 fully saturated rings. The van der Waals surface area contributed by atoms with Gasteiger partial charge in [0.25, 0.3) is 5.69 Å². The van der Waals surface area contributed by atoms with Crippen LogP contribution < -0.4 is 5.32 Å². The summed E-state index contributed by atoms with van der Waals surface area (Å²) in [4.78, 5) is 24.3. The molecule has 0 bridgehead atoms.